The first-order valence-corrected chi connectivity index (χ1v) is 3.17. The van der Waals surface area contributed by atoms with Crippen LogP contribution in [0.5, 0.6) is 0 Å². The average Bonchev–Trinajstić information content (AvgIpc) is 2.05. The smallest absolute Gasteiger partial charge is 0.201 e. The number of hydrogen-bond donors (Lipinski definition) is 1. The highest BCUT2D eigenvalue weighted by Gasteiger charge is 1.92. The van der Waals surface area contributed by atoms with Crippen molar-refractivity contribution in [3.63, 3.8) is 0 Å². The molecule has 0 fully saturated rings. The minimum atomic E-state index is 0.504. The summed E-state index contributed by atoms with van der Waals surface area (Å²) in [5.74, 6) is 0. The topological polar surface area (TPSA) is 51.8 Å². The Morgan fingerprint density at radius 1 is 1.50 bits per heavy atom. The quantitative estimate of drug-likeness (QED) is 0.544. The van der Waals surface area contributed by atoms with Crippen molar-refractivity contribution < 1.29 is 0 Å². The lowest BCUT2D eigenvalue weighted by Crippen LogP contribution is -2.19. The Morgan fingerprint density at radius 3 is 2.50 bits per heavy atom. The van der Waals surface area contributed by atoms with Crippen molar-refractivity contribution in [2.24, 2.45) is 5.73 Å². The number of nitrogens with two attached hydrogens (primary N) is 1. The van der Waals surface area contributed by atoms with Gasteiger partial charge in [-0.1, -0.05) is 6.82 Å². The lowest BCUT2D eigenvalue weighted by Gasteiger charge is -1.95. The van der Waals surface area contributed by atoms with Crippen LogP contribution in [0.2, 0.25) is 6.82 Å². The van der Waals surface area contributed by atoms with Gasteiger partial charge in [0.2, 0.25) is 7.28 Å². The largest absolute Gasteiger partial charge is 0.326 e. The fourth-order valence-corrected chi connectivity index (χ4v) is 0.619. The second-order valence-electron chi connectivity index (χ2n) is 1.94. The van der Waals surface area contributed by atoms with Gasteiger partial charge in [-0.2, -0.15) is 0 Å². The molecule has 0 spiro atoms. The van der Waals surface area contributed by atoms with Crippen LogP contribution < -0.4 is 11.5 Å². The average molecular weight is 134 g/mol. The summed E-state index contributed by atoms with van der Waals surface area (Å²) in [5, 5.41) is 0. The Balaban J connectivity index is 2.80. The standard InChI is InChI=1S/C6H9BN3/c1-7-6-9-3-5(2-8)4-10-6/h3-4H,2,8H2,1H3. The van der Waals surface area contributed by atoms with Crippen LogP contribution in [0.1, 0.15) is 5.56 Å². The van der Waals surface area contributed by atoms with Gasteiger partial charge in [0.15, 0.2) is 0 Å². The van der Waals surface area contributed by atoms with Gasteiger partial charge in [0, 0.05) is 24.5 Å². The highest BCUT2D eigenvalue weighted by molar-refractivity contribution is 6.49. The molecule has 0 aliphatic carbocycles. The lowest BCUT2D eigenvalue weighted by molar-refractivity contribution is 1.02. The van der Waals surface area contributed by atoms with Gasteiger partial charge in [-0.05, 0) is 0 Å². The van der Waals surface area contributed by atoms with E-state index in [1.54, 1.807) is 12.4 Å². The van der Waals surface area contributed by atoms with Crippen LogP contribution in [0, 0.1) is 0 Å². The molecule has 0 aromatic carbocycles. The molecule has 0 amide bonds. The first-order valence-electron chi connectivity index (χ1n) is 3.17. The zero-order valence-corrected chi connectivity index (χ0v) is 5.91. The van der Waals surface area contributed by atoms with Crippen LogP contribution in [0.15, 0.2) is 12.4 Å². The Bertz CT molecular complexity index is 174. The van der Waals surface area contributed by atoms with Crippen LogP contribution in [0.3, 0.4) is 0 Å². The minimum Gasteiger partial charge on any atom is -0.326 e. The zero-order valence-electron chi connectivity index (χ0n) is 5.91. The van der Waals surface area contributed by atoms with Gasteiger partial charge >= 0.3 is 0 Å². The van der Waals surface area contributed by atoms with Crippen molar-refractivity contribution in [1.29, 1.82) is 0 Å². The second-order valence-corrected chi connectivity index (χ2v) is 1.94. The Labute approximate surface area is 60.9 Å². The molecule has 0 unspecified atom stereocenters. The molecule has 1 heterocycles. The zero-order chi connectivity index (χ0) is 7.40. The maximum Gasteiger partial charge on any atom is 0.201 e. The van der Waals surface area contributed by atoms with E-state index in [0.29, 0.717) is 6.54 Å². The molecule has 1 radical (unpaired) electrons. The Morgan fingerprint density at radius 2 is 2.10 bits per heavy atom. The van der Waals surface area contributed by atoms with Crippen LogP contribution in [0.4, 0.5) is 0 Å². The van der Waals surface area contributed by atoms with Gasteiger partial charge in [-0.15, -0.1) is 0 Å². The van der Waals surface area contributed by atoms with E-state index < -0.39 is 0 Å². The molecule has 4 heteroatoms. The fraction of sp³-hybridized carbons (Fsp3) is 0.333. The maximum absolute atomic E-state index is 5.35. The van der Waals surface area contributed by atoms with E-state index in [4.69, 9.17) is 5.73 Å². The first kappa shape index (κ1) is 7.21. The lowest BCUT2D eigenvalue weighted by atomic mass is 9.81. The molecule has 1 aromatic rings. The molecule has 0 atom stereocenters. The maximum atomic E-state index is 5.35. The van der Waals surface area contributed by atoms with Crippen molar-refractivity contribution in [3.05, 3.63) is 18.0 Å². The van der Waals surface area contributed by atoms with Gasteiger partial charge in [0.1, 0.15) is 0 Å². The molecule has 0 saturated carbocycles. The predicted octanol–water partition coefficient (Wildman–Crippen LogP) is -0.687. The number of hydrogen-bond acceptors (Lipinski definition) is 3. The summed E-state index contributed by atoms with van der Waals surface area (Å²) in [6.07, 6.45) is 3.48. The highest BCUT2D eigenvalue weighted by atomic mass is 14.8. The molecule has 10 heavy (non-hydrogen) atoms. The van der Waals surface area contributed by atoms with E-state index in [9.17, 15) is 0 Å². The Hall–Kier alpha value is -0.895. The van der Waals surface area contributed by atoms with E-state index in [1.165, 1.54) is 0 Å². The molecule has 1 rings (SSSR count). The summed E-state index contributed by atoms with van der Waals surface area (Å²) in [7, 11) is 1.85. The molecule has 0 bridgehead atoms. The summed E-state index contributed by atoms with van der Waals surface area (Å²) in [6, 6.07) is 0. The van der Waals surface area contributed by atoms with Crippen LogP contribution >= 0.6 is 0 Å². The predicted molar refractivity (Wildman–Crippen MR) is 41.2 cm³/mol. The van der Waals surface area contributed by atoms with E-state index >= 15 is 0 Å². The molecule has 2 N–H and O–H groups in total. The van der Waals surface area contributed by atoms with Gasteiger partial charge in [-0.25, -0.2) is 0 Å². The molecule has 51 valence electrons. The van der Waals surface area contributed by atoms with E-state index in [2.05, 4.69) is 9.97 Å². The van der Waals surface area contributed by atoms with E-state index in [1.807, 2.05) is 14.1 Å². The normalized spacial score (nSPS) is 9.40. The molecule has 0 saturated heterocycles. The summed E-state index contributed by atoms with van der Waals surface area (Å²) in [4.78, 5) is 8.04. The summed E-state index contributed by atoms with van der Waals surface area (Å²) < 4.78 is 0. The van der Waals surface area contributed by atoms with E-state index in [-0.39, 0.29) is 0 Å². The molecular formula is C6H9BN3. The summed E-state index contributed by atoms with van der Waals surface area (Å²) >= 11 is 0. The van der Waals surface area contributed by atoms with Crippen LogP contribution in [0.25, 0.3) is 0 Å². The van der Waals surface area contributed by atoms with Crippen molar-refractivity contribution in [2.75, 3.05) is 0 Å². The van der Waals surface area contributed by atoms with Crippen LogP contribution in [-0.2, 0) is 6.54 Å². The molecule has 3 nitrogen and oxygen atoms in total. The molecule has 0 aliphatic heterocycles. The third kappa shape index (κ3) is 1.54. The Kier molecular flexibility index (Phi) is 2.39. The summed E-state index contributed by atoms with van der Waals surface area (Å²) in [5.41, 5.74) is 7.06. The molecular weight excluding hydrogens is 125 g/mol. The third-order valence-electron chi connectivity index (χ3n) is 1.22. The van der Waals surface area contributed by atoms with Gasteiger partial charge in [-0.3, -0.25) is 9.97 Å². The number of aromatic nitrogens is 2. The minimum absolute atomic E-state index is 0.504. The monoisotopic (exact) mass is 134 g/mol. The summed E-state index contributed by atoms with van der Waals surface area (Å²) in [6.45, 7) is 2.40. The van der Waals surface area contributed by atoms with Crippen molar-refractivity contribution in [3.8, 4) is 0 Å². The van der Waals surface area contributed by atoms with Gasteiger partial charge < -0.3 is 5.73 Å². The first-order chi connectivity index (χ1) is 4.86. The second kappa shape index (κ2) is 3.32. The third-order valence-corrected chi connectivity index (χ3v) is 1.22. The SMILES string of the molecule is C[B]c1ncc(CN)cn1. The van der Waals surface area contributed by atoms with Crippen molar-refractivity contribution in [2.45, 2.75) is 13.4 Å². The number of rotatable bonds is 2. The van der Waals surface area contributed by atoms with Crippen molar-refractivity contribution in [1.82, 2.24) is 9.97 Å². The fourth-order valence-electron chi connectivity index (χ4n) is 0.619. The van der Waals surface area contributed by atoms with Crippen LogP contribution in [-0.4, -0.2) is 17.2 Å². The molecule has 1 aromatic heterocycles. The van der Waals surface area contributed by atoms with E-state index in [0.717, 1.165) is 11.3 Å². The van der Waals surface area contributed by atoms with Gasteiger partial charge in [0.25, 0.3) is 0 Å². The van der Waals surface area contributed by atoms with Gasteiger partial charge in [0.05, 0.1) is 5.72 Å². The highest BCUT2D eigenvalue weighted by Crippen LogP contribution is 1.86. The number of nitrogens with zero attached hydrogens (tertiary/aromatic N) is 2. The molecule has 0 aliphatic rings. The van der Waals surface area contributed by atoms with Crippen molar-refractivity contribution >= 4 is 13.0 Å².